The van der Waals surface area contributed by atoms with Crippen molar-refractivity contribution in [3.63, 3.8) is 0 Å². The number of carbonyl (C=O) groups excluding carboxylic acids is 1. The van der Waals surface area contributed by atoms with Gasteiger partial charge in [0.05, 0.1) is 11.4 Å². The number of carbonyl (C=O) groups is 1. The number of rotatable bonds is 4. The number of halogens is 2. The smallest absolute Gasteiger partial charge is 0.274 e. The van der Waals surface area contributed by atoms with E-state index in [1.165, 1.54) is 22.7 Å². The Bertz CT molecular complexity index is 1080. The third-order valence-corrected chi connectivity index (χ3v) is 4.29. The van der Waals surface area contributed by atoms with Gasteiger partial charge in [-0.15, -0.1) is 0 Å². The van der Waals surface area contributed by atoms with Gasteiger partial charge < -0.3 is 4.90 Å². The third-order valence-electron chi connectivity index (χ3n) is 4.29. The first-order valence-corrected chi connectivity index (χ1v) is 8.50. The van der Waals surface area contributed by atoms with E-state index >= 15 is 0 Å². The zero-order chi connectivity index (χ0) is 19.7. The van der Waals surface area contributed by atoms with Gasteiger partial charge in [0.25, 0.3) is 11.5 Å². The summed E-state index contributed by atoms with van der Waals surface area (Å²) in [5.41, 5.74) is 0.0297. The molecule has 2 aromatic carbocycles. The Morgan fingerprint density at radius 3 is 2.44 bits per heavy atom. The normalized spacial score (nSPS) is 11.2. The van der Waals surface area contributed by atoms with E-state index in [2.05, 4.69) is 5.10 Å². The molecular weight excluding hydrogens is 352 g/mol. The van der Waals surface area contributed by atoms with Crippen LogP contribution in [0.3, 0.4) is 0 Å². The predicted molar refractivity (Wildman–Crippen MR) is 98.5 cm³/mol. The van der Waals surface area contributed by atoms with Gasteiger partial charge in [-0.2, -0.15) is 5.10 Å². The number of hydrogen-bond acceptors (Lipinski definition) is 3. The average Bonchev–Trinajstić information content (AvgIpc) is 2.63. The largest absolute Gasteiger partial charge is 0.336 e. The molecule has 1 heterocycles. The molecule has 0 bridgehead atoms. The topological polar surface area (TPSA) is 55.2 Å². The van der Waals surface area contributed by atoms with Crippen molar-refractivity contribution in [3.05, 3.63) is 75.7 Å². The highest BCUT2D eigenvalue weighted by atomic mass is 19.1. The minimum absolute atomic E-state index is 0.0538. The molecule has 0 unspecified atom stereocenters. The molecule has 0 aliphatic carbocycles. The molecule has 0 fully saturated rings. The van der Waals surface area contributed by atoms with Gasteiger partial charge in [-0.3, -0.25) is 9.59 Å². The van der Waals surface area contributed by atoms with Crippen molar-refractivity contribution < 1.29 is 13.6 Å². The lowest BCUT2D eigenvalue weighted by Crippen LogP contribution is -2.32. The summed E-state index contributed by atoms with van der Waals surface area (Å²) in [6, 6.07) is 9.75. The maximum Gasteiger partial charge on any atom is 0.274 e. The Morgan fingerprint density at radius 1 is 1.15 bits per heavy atom. The maximum atomic E-state index is 13.9. The summed E-state index contributed by atoms with van der Waals surface area (Å²) in [6.45, 7) is 3.55. The van der Waals surface area contributed by atoms with Crippen LogP contribution in [0.2, 0.25) is 0 Å². The van der Waals surface area contributed by atoms with Gasteiger partial charge in [0.15, 0.2) is 5.69 Å². The Hall–Kier alpha value is -3.09. The van der Waals surface area contributed by atoms with E-state index < -0.39 is 17.5 Å². The number of aromatic nitrogens is 2. The average molecular weight is 371 g/mol. The van der Waals surface area contributed by atoms with Crippen LogP contribution in [0.25, 0.3) is 10.8 Å². The first kappa shape index (κ1) is 18.7. The molecule has 1 amide bonds. The van der Waals surface area contributed by atoms with E-state index in [4.69, 9.17) is 0 Å². The van der Waals surface area contributed by atoms with E-state index in [1.807, 2.05) is 0 Å². The molecule has 0 spiro atoms. The summed E-state index contributed by atoms with van der Waals surface area (Å²) in [5.74, 6) is -1.86. The molecule has 1 aromatic heterocycles. The first-order chi connectivity index (χ1) is 12.8. The lowest BCUT2D eigenvalue weighted by atomic mass is 10.1. The summed E-state index contributed by atoms with van der Waals surface area (Å²) in [6.07, 6.45) is 0. The lowest BCUT2D eigenvalue weighted by Gasteiger charge is -2.19. The second-order valence-corrected chi connectivity index (χ2v) is 6.63. The fraction of sp³-hybridized carbons (Fsp3) is 0.250. The van der Waals surface area contributed by atoms with E-state index in [-0.39, 0.29) is 29.4 Å². The molecule has 7 heteroatoms. The SMILES string of the molecule is CC(C)n1nc(C(=O)N(C)Cc2ccc(F)cc2F)c2ccccc2c1=O. The van der Waals surface area contributed by atoms with Crippen molar-refractivity contribution >= 4 is 16.7 Å². The summed E-state index contributed by atoms with van der Waals surface area (Å²) >= 11 is 0. The van der Waals surface area contributed by atoms with E-state index in [0.717, 1.165) is 12.1 Å². The summed E-state index contributed by atoms with van der Waals surface area (Å²) in [4.78, 5) is 26.8. The molecule has 0 atom stereocenters. The van der Waals surface area contributed by atoms with Crippen LogP contribution in [0.1, 0.15) is 35.9 Å². The second-order valence-electron chi connectivity index (χ2n) is 6.63. The lowest BCUT2D eigenvalue weighted by molar-refractivity contribution is 0.0777. The van der Waals surface area contributed by atoms with Crippen LogP contribution in [0.15, 0.2) is 47.3 Å². The van der Waals surface area contributed by atoms with E-state index in [9.17, 15) is 18.4 Å². The Kier molecular flexibility index (Phi) is 5.03. The number of amides is 1. The number of hydrogen-bond donors (Lipinski definition) is 0. The molecule has 0 saturated heterocycles. The minimum atomic E-state index is -0.723. The third kappa shape index (κ3) is 3.58. The molecule has 0 aliphatic rings. The molecule has 140 valence electrons. The minimum Gasteiger partial charge on any atom is -0.336 e. The standard InChI is InChI=1S/C20H19F2N3O2/c1-12(2)25-19(26)16-7-5-4-6-15(16)18(23-25)20(27)24(3)11-13-8-9-14(21)10-17(13)22/h4-10,12H,11H2,1-3H3. The molecule has 0 N–H and O–H groups in total. The second kappa shape index (κ2) is 7.26. The summed E-state index contributed by atoms with van der Waals surface area (Å²) in [7, 11) is 1.51. The van der Waals surface area contributed by atoms with Crippen molar-refractivity contribution in [1.82, 2.24) is 14.7 Å². The Morgan fingerprint density at radius 2 is 1.81 bits per heavy atom. The van der Waals surface area contributed by atoms with Crippen molar-refractivity contribution in [2.75, 3.05) is 7.05 Å². The predicted octanol–water partition coefficient (Wildman–Crippen LogP) is 3.53. The first-order valence-electron chi connectivity index (χ1n) is 8.50. The number of fused-ring (bicyclic) bond motifs is 1. The highest BCUT2D eigenvalue weighted by Gasteiger charge is 2.21. The molecular formula is C20H19F2N3O2. The molecule has 27 heavy (non-hydrogen) atoms. The van der Waals surface area contributed by atoms with Crippen LogP contribution in [-0.2, 0) is 6.54 Å². The van der Waals surface area contributed by atoms with Gasteiger partial charge in [0.1, 0.15) is 11.6 Å². The Balaban J connectivity index is 2.04. The zero-order valence-corrected chi connectivity index (χ0v) is 15.2. The van der Waals surface area contributed by atoms with E-state index in [0.29, 0.717) is 10.8 Å². The van der Waals surface area contributed by atoms with Crippen molar-refractivity contribution in [2.24, 2.45) is 0 Å². The van der Waals surface area contributed by atoms with Gasteiger partial charge >= 0.3 is 0 Å². The molecule has 3 aromatic rings. The molecule has 0 radical (unpaired) electrons. The Labute approximate surface area is 154 Å². The van der Waals surface area contributed by atoms with Crippen LogP contribution < -0.4 is 5.56 Å². The van der Waals surface area contributed by atoms with E-state index in [1.54, 1.807) is 38.1 Å². The summed E-state index contributed by atoms with van der Waals surface area (Å²) in [5, 5.41) is 5.09. The molecule has 3 rings (SSSR count). The van der Waals surface area contributed by atoms with Crippen molar-refractivity contribution in [1.29, 1.82) is 0 Å². The summed E-state index contributed by atoms with van der Waals surface area (Å²) < 4.78 is 28.3. The van der Waals surface area contributed by atoms with Crippen LogP contribution in [-0.4, -0.2) is 27.6 Å². The van der Waals surface area contributed by atoms with Crippen molar-refractivity contribution in [2.45, 2.75) is 26.4 Å². The maximum absolute atomic E-state index is 13.9. The van der Waals surface area contributed by atoms with Crippen LogP contribution in [0.4, 0.5) is 8.78 Å². The molecule has 0 aliphatic heterocycles. The fourth-order valence-electron chi connectivity index (χ4n) is 2.87. The van der Waals surface area contributed by atoms with Crippen LogP contribution in [0.5, 0.6) is 0 Å². The molecule has 0 saturated carbocycles. The van der Waals surface area contributed by atoms with Gasteiger partial charge in [0.2, 0.25) is 0 Å². The highest BCUT2D eigenvalue weighted by molar-refractivity contribution is 6.04. The van der Waals surface area contributed by atoms with Gasteiger partial charge in [-0.25, -0.2) is 13.5 Å². The van der Waals surface area contributed by atoms with Gasteiger partial charge in [0, 0.05) is 30.6 Å². The quantitative estimate of drug-likeness (QED) is 0.705. The zero-order valence-electron chi connectivity index (χ0n) is 15.2. The van der Waals surface area contributed by atoms with Crippen molar-refractivity contribution in [3.8, 4) is 0 Å². The fourth-order valence-corrected chi connectivity index (χ4v) is 2.87. The monoisotopic (exact) mass is 371 g/mol. The number of nitrogens with zero attached hydrogens (tertiary/aromatic N) is 3. The molecule has 5 nitrogen and oxygen atoms in total. The van der Waals surface area contributed by atoms with Crippen LogP contribution >= 0.6 is 0 Å². The van der Waals surface area contributed by atoms with Gasteiger partial charge in [-0.1, -0.05) is 24.3 Å². The number of benzene rings is 2. The van der Waals surface area contributed by atoms with Crippen LogP contribution in [0, 0.1) is 11.6 Å². The highest BCUT2D eigenvalue weighted by Crippen LogP contribution is 2.18. The van der Waals surface area contributed by atoms with Gasteiger partial charge in [-0.05, 0) is 26.0 Å².